The predicted molar refractivity (Wildman–Crippen MR) is 166 cm³/mol. The van der Waals surface area contributed by atoms with Gasteiger partial charge < -0.3 is 0 Å². The molecule has 4 saturated carbocycles. The first-order chi connectivity index (χ1) is 20.2. The Hall–Kier alpha value is 0.110. The molecule has 9 heteroatoms. The fourth-order valence-corrected chi connectivity index (χ4v) is 12.9. The van der Waals surface area contributed by atoms with Crippen molar-refractivity contribution in [1.82, 2.24) is 42.5 Å². The first kappa shape index (κ1) is 27.4. The number of hydrogen-bond acceptors (Lipinski definition) is 8. The maximum atomic E-state index is 4.28. The van der Waals surface area contributed by atoms with Crippen molar-refractivity contribution in [2.45, 2.75) is 151 Å². The van der Waals surface area contributed by atoms with E-state index >= 15 is 0 Å². The Morgan fingerprint density at radius 1 is 0.293 bits per heavy atom. The summed E-state index contributed by atoms with van der Waals surface area (Å²) in [4.78, 5) is 0. The van der Waals surface area contributed by atoms with Gasteiger partial charge in [0.25, 0.3) is 0 Å². The largest absolute Gasteiger partial charge is 0.286 e. The molecule has 18 atom stereocenters. The molecule has 9 fully saturated rings. The van der Waals surface area contributed by atoms with E-state index < -0.39 is 0 Å². The predicted octanol–water partition coefficient (Wildman–Crippen LogP) is 2.46. The maximum Gasteiger partial charge on any atom is 0.0634 e. The van der Waals surface area contributed by atoms with Crippen molar-refractivity contribution < 1.29 is 0 Å². The van der Waals surface area contributed by atoms with Crippen LogP contribution in [-0.2, 0) is 0 Å². The SMILES string of the molecule is PC1CCCC2C3NC4NC(NC5NC(NC6NC(NC(N3)C12)C1CCCCC61)C1CCCCC51)C1CCCCC41. The number of hydrogen-bond donors (Lipinski definition) is 8. The van der Waals surface area contributed by atoms with Gasteiger partial charge in [-0.25, -0.2) is 0 Å². The Morgan fingerprint density at radius 3 is 0.902 bits per heavy atom. The second-order valence-corrected chi connectivity index (χ2v) is 16.7. The van der Waals surface area contributed by atoms with Crippen molar-refractivity contribution in [2.24, 2.45) is 47.3 Å². The van der Waals surface area contributed by atoms with Gasteiger partial charge in [0.05, 0.1) is 49.3 Å². The summed E-state index contributed by atoms with van der Waals surface area (Å²) in [5, 5.41) is 33.9. The Labute approximate surface area is 250 Å². The molecule has 0 aromatic rings. The highest BCUT2D eigenvalue weighted by Crippen LogP contribution is 2.46. The van der Waals surface area contributed by atoms with E-state index in [-0.39, 0.29) is 0 Å². The standard InChI is InChI=1S/C32H57N8P/c41-23-15-7-14-22-24(23)32-39-30-21-13-6-5-12-20(21)28(37-30)35-26-17-9-2-1-8-16(17)25(33-26)34-27-18-10-3-4-11-19(18)29(36-27)38-31(22)40-32/h16-40H,1-15,41H2. The molecular formula is C32H57N8P. The van der Waals surface area contributed by atoms with Gasteiger partial charge in [-0.1, -0.05) is 44.9 Å². The van der Waals surface area contributed by atoms with Crippen LogP contribution in [0.25, 0.3) is 0 Å². The molecule has 5 saturated heterocycles. The molecule has 41 heavy (non-hydrogen) atoms. The van der Waals surface area contributed by atoms with Gasteiger partial charge >= 0.3 is 0 Å². The lowest BCUT2D eigenvalue weighted by atomic mass is 9.76. The first-order valence-electron chi connectivity index (χ1n) is 18.1. The molecule has 8 nitrogen and oxygen atoms in total. The molecule has 4 aliphatic carbocycles. The van der Waals surface area contributed by atoms with Crippen LogP contribution in [0.15, 0.2) is 0 Å². The average molecular weight is 585 g/mol. The van der Waals surface area contributed by atoms with Gasteiger partial charge in [0.15, 0.2) is 0 Å². The van der Waals surface area contributed by atoms with Crippen LogP contribution >= 0.6 is 9.24 Å². The lowest BCUT2D eigenvalue weighted by Gasteiger charge is -2.38. The summed E-state index contributed by atoms with van der Waals surface area (Å²) in [6.45, 7) is 0. The van der Waals surface area contributed by atoms with Crippen molar-refractivity contribution >= 4 is 9.24 Å². The molecule has 0 spiro atoms. The van der Waals surface area contributed by atoms with Crippen molar-refractivity contribution in [2.75, 3.05) is 0 Å². The summed E-state index contributed by atoms with van der Waals surface area (Å²) < 4.78 is 0. The van der Waals surface area contributed by atoms with Gasteiger partial charge in [-0.2, -0.15) is 0 Å². The van der Waals surface area contributed by atoms with E-state index in [9.17, 15) is 0 Å². The molecule has 5 heterocycles. The van der Waals surface area contributed by atoms with E-state index in [1.807, 2.05) is 0 Å². The van der Waals surface area contributed by atoms with Crippen LogP contribution in [0, 0.1) is 47.3 Å². The molecule has 9 aliphatic rings. The minimum absolute atomic E-state index is 0.376. The lowest BCUT2D eigenvalue weighted by Crippen LogP contribution is -2.61. The van der Waals surface area contributed by atoms with E-state index in [1.165, 1.54) is 96.3 Å². The molecule has 0 amide bonds. The third-order valence-electron chi connectivity index (χ3n) is 13.9. The zero-order chi connectivity index (χ0) is 27.1. The van der Waals surface area contributed by atoms with E-state index in [0.29, 0.717) is 66.8 Å². The van der Waals surface area contributed by atoms with E-state index in [2.05, 4.69) is 51.8 Å². The Kier molecular flexibility index (Phi) is 7.47. The zero-order valence-corrected chi connectivity index (χ0v) is 26.2. The van der Waals surface area contributed by atoms with Crippen molar-refractivity contribution in [1.29, 1.82) is 0 Å². The van der Waals surface area contributed by atoms with Gasteiger partial charge in [0, 0.05) is 0 Å². The normalized spacial score (nSPS) is 58.3. The fourth-order valence-electron chi connectivity index (χ4n) is 12.1. The summed E-state index contributed by atoms with van der Waals surface area (Å²) in [5.74, 6) is 5.79. The third kappa shape index (κ3) is 4.72. The highest BCUT2D eigenvalue weighted by atomic mass is 31.0. The monoisotopic (exact) mass is 584 g/mol. The maximum absolute atomic E-state index is 4.28. The van der Waals surface area contributed by atoms with Crippen LogP contribution in [0.1, 0.15) is 96.3 Å². The van der Waals surface area contributed by atoms with Crippen LogP contribution < -0.4 is 42.5 Å². The molecule has 5 aliphatic heterocycles. The molecule has 0 radical (unpaired) electrons. The van der Waals surface area contributed by atoms with Crippen molar-refractivity contribution in [3.8, 4) is 0 Å². The van der Waals surface area contributed by atoms with E-state index in [4.69, 9.17) is 0 Å². The molecule has 8 bridgehead atoms. The van der Waals surface area contributed by atoms with Crippen LogP contribution in [0.3, 0.4) is 0 Å². The summed E-state index contributed by atoms with van der Waals surface area (Å²) in [6, 6.07) is 0. The van der Waals surface area contributed by atoms with Crippen LogP contribution in [0.4, 0.5) is 0 Å². The van der Waals surface area contributed by atoms with Gasteiger partial charge in [0.2, 0.25) is 0 Å². The second kappa shape index (κ2) is 11.2. The van der Waals surface area contributed by atoms with Gasteiger partial charge in [-0.15, -0.1) is 9.24 Å². The van der Waals surface area contributed by atoms with Crippen molar-refractivity contribution in [3.05, 3.63) is 0 Å². The Morgan fingerprint density at radius 2 is 0.561 bits per heavy atom. The summed E-state index contributed by atoms with van der Waals surface area (Å²) in [6.07, 6.45) is 23.9. The summed E-state index contributed by atoms with van der Waals surface area (Å²) in [7, 11) is 3.28. The number of fused-ring (bicyclic) bond motifs is 20. The topological polar surface area (TPSA) is 96.2 Å². The smallest absolute Gasteiger partial charge is 0.0634 e. The van der Waals surface area contributed by atoms with E-state index in [1.54, 1.807) is 0 Å². The number of rotatable bonds is 0. The van der Waals surface area contributed by atoms with E-state index in [0.717, 1.165) is 35.5 Å². The molecule has 8 N–H and O–H groups in total. The molecule has 230 valence electrons. The molecular weight excluding hydrogens is 527 g/mol. The van der Waals surface area contributed by atoms with Crippen LogP contribution in [0.2, 0.25) is 0 Å². The Bertz CT molecular complexity index is 953. The van der Waals surface area contributed by atoms with Gasteiger partial charge in [0.1, 0.15) is 0 Å². The summed E-state index contributed by atoms with van der Waals surface area (Å²) in [5.41, 5.74) is 0.696. The minimum Gasteiger partial charge on any atom is -0.286 e. The van der Waals surface area contributed by atoms with Gasteiger partial charge in [-0.3, -0.25) is 42.5 Å². The third-order valence-corrected chi connectivity index (χ3v) is 14.7. The Balaban J connectivity index is 1.06. The molecule has 0 aromatic carbocycles. The second-order valence-electron chi connectivity index (χ2n) is 15.8. The average Bonchev–Trinajstić information content (AvgIpc) is 3.73. The lowest BCUT2D eigenvalue weighted by molar-refractivity contribution is 0.169. The first-order valence-corrected chi connectivity index (χ1v) is 18.7. The summed E-state index contributed by atoms with van der Waals surface area (Å²) >= 11 is 0. The van der Waals surface area contributed by atoms with Crippen LogP contribution in [-0.4, -0.2) is 55.0 Å². The molecule has 18 unspecified atom stereocenters. The number of nitrogens with one attached hydrogen (secondary N) is 8. The fraction of sp³-hybridized carbons (Fsp3) is 1.00. The highest BCUT2D eigenvalue weighted by Gasteiger charge is 2.55. The van der Waals surface area contributed by atoms with Crippen LogP contribution in [0.5, 0.6) is 0 Å². The highest BCUT2D eigenvalue weighted by molar-refractivity contribution is 7.17. The van der Waals surface area contributed by atoms with Gasteiger partial charge in [-0.05, 0) is 104 Å². The van der Waals surface area contributed by atoms with Crippen molar-refractivity contribution in [3.63, 3.8) is 0 Å². The molecule has 9 rings (SSSR count). The molecule has 0 aromatic heterocycles. The minimum atomic E-state index is 0.376. The zero-order valence-electron chi connectivity index (χ0n) is 25.0. The quantitative estimate of drug-likeness (QED) is 0.206.